The summed E-state index contributed by atoms with van der Waals surface area (Å²) in [6, 6.07) is 6.80. The van der Waals surface area contributed by atoms with Crippen molar-refractivity contribution >= 4 is 5.97 Å². The van der Waals surface area contributed by atoms with E-state index in [0.29, 0.717) is 36.0 Å². The Hall–Kier alpha value is -2.02. The number of nitriles is 1. The second-order valence-electron chi connectivity index (χ2n) is 4.57. The summed E-state index contributed by atoms with van der Waals surface area (Å²) < 4.78 is 10.4. The lowest BCUT2D eigenvalue weighted by atomic mass is 10.1. The maximum Gasteiger partial charge on any atom is 0.338 e. The van der Waals surface area contributed by atoms with Gasteiger partial charge in [-0.15, -0.1) is 0 Å². The maximum atomic E-state index is 11.6. The van der Waals surface area contributed by atoms with Crippen LogP contribution in [0.25, 0.3) is 0 Å². The van der Waals surface area contributed by atoms with Gasteiger partial charge in [0.05, 0.1) is 24.3 Å². The predicted molar refractivity (Wildman–Crippen MR) is 72.1 cm³/mol. The highest BCUT2D eigenvalue weighted by atomic mass is 16.5. The molecule has 0 aliphatic rings. The molecule has 0 saturated heterocycles. The van der Waals surface area contributed by atoms with Gasteiger partial charge in [-0.05, 0) is 37.5 Å². The topological polar surface area (TPSA) is 59.3 Å². The smallest absolute Gasteiger partial charge is 0.338 e. The Bertz CT molecular complexity index is 475. The van der Waals surface area contributed by atoms with Crippen molar-refractivity contribution < 1.29 is 14.3 Å². The van der Waals surface area contributed by atoms with Gasteiger partial charge < -0.3 is 9.47 Å². The molecule has 1 rings (SSSR count). The number of rotatable bonds is 6. The van der Waals surface area contributed by atoms with Crippen LogP contribution < -0.4 is 4.74 Å². The fourth-order valence-electron chi connectivity index (χ4n) is 1.49. The fraction of sp³-hybridized carbons (Fsp3) is 0.467. The first-order chi connectivity index (χ1) is 9.08. The van der Waals surface area contributed by atoms with Gasteiger partial charge in [-0.1, -0.05) is 13.8 Å². The van der Waals surface area contributed by atoms with Crippen LogP contribution >= 0.6 is 0 Å². The van der Waals surface area contributed by atoms with E-state index < -0.39 is 5.97 Å². The van der Waals surface area contributed by atoms with Gasteiger partial charge in [0.1, 0.15) is 11.8 Å². The predicted octanol–water partition coefficient (Wildman–Crippen LogP) is 3.16. The molecule has 0 bridgehead atoms. The van der Waals surface area contributed by atoms with Crippen LogP contribution in [0.2, 0.25) is 0 Å². The van der Waals surface area contributed by atoms with Crippen LogP contribution in [0.5, 0.6) is 5.75 Å². The number of hydrogen-bond acceptors (Lipinski definition) is 4. The van der Waals surface area contributed by atoms with Crippen molar-refractivity contribution in [2.45, 2.75) is 27.2 Å². The van der Waals surface area contributed by atoms with Gasteiger partial charge in [-0.3, -0.25) is 0 Å². The number of hydrogen-bond donors (Lipinski definition) is 0. The molecule has 0 unspecified atom stereocenters. The Balaban J connectivity index is 2.79. The molecule has 0 spiro atoms. The molecule has 4 heteroatoms. The number of nitrogens with zero attached hydrogens (tertiary/aromatic N) is 1. The minimum Gasteiger partial charge on any atom is -0.492 e. The molecule has 0 aromatic heterocycles. The molecule has 19 heavy (non-hydrogen) atoms. The summed E-state index contributed by atoms with van der Waals surface area (Å²) in [5, 5.41) is 9.08. The normalized spacial score (nSPS) is 10.1. The van der Waals surface area contributed by atoms with Crippen molar-refractivity contribution in [2.75, 3.05) is 13.2 Å². The van der Waals surface area contributed by atoms with Crippen LogP contribution in [0.3, 0.4) is 0 Å². The van der Waals surface area contributed by atoms with Crippen LogP contribution in [0, 0.1) is 17.2 Å². The number of benzene rings is 1. The summed E-state index contributed by atoms with van der Waals surface area (Å²) in [5.41, 5.74) is 0.726. The van der Waals surface area contributed by atoms with Crippen molar-refractivity contribution in [1.29, 1.82) is 5.26 Å². The third-order valence-electron chi connectivity index (χ3n) is 2.56. The van der Waals surface area contributed by atoms with E-state index in [2.05, 4.69) is 13.8 Å². The third kappa shape index (κ3) is 4.63. The van der Waals surface area contributed by atoms with Crippen LogP contribution in [-0.4, -0.2) is 19.2 Å². The van der Waals surface area contributed by atoms with Gasteiger partial charge in [-0.25, -0.2) is 4.79 Å². The van der Waals surface area contributed by atoms with Crippen LogP contribution in [0.15, 0.2) is 18.2 Å². The average molecular weight is 261 g/mol. The minimum atomic E-state index is -0.423. The molecule has 0 radical (unpaired) electrons. The van der Waals surface area contributed by atoms with E-state index in [4.69, 9.17) is 14.7 Å². The molecule has 4 nitrogen and oxygen atoms in total. The second kappa shape index (κ2) is 7.42. The number of carbonyl (C=O) groups is 1. The van der Waals surface area contributed by atoms with E-state index in [1.165, 1.54) is 6.07 Å². The summed E-state index contributed by atoms with van der Waals surface area (Å²) >= 11 is 0. The van der Waals surface area contributed by atoms with Crippen LogP contribution in [0.1, 0.15) is 43.1 Å². The Morgan fingerprint density at radius 1 is 1.42 bits per heavy atom. The van der Waals surface area contributed by atoms with Crippen LogP contribution in [0.4, 0.5) is 0 Å². The van der Waals surface area contributed by atoms with E-state index in [1.807, 2.05) is 6.07 Å². The molecule has 0 fully saturated rings. The molecule has 0 amide bonds. The Labute approximate surface area is 113 Å². The van der Waals surface area contributed by atoms with E-state index in [-0.39, 0.29) is 0 Å². The van der Waals surface area contributed by atoms with Crippen molar-refractivity contribution in [1.82, 2.24) is 0 Å². The van der Waals surface area contributed by atoms with E-state index in [1.54, 1.807) is 19.1 Å². The highest BCUT2D eigenvalue weighted by molar-refractivity contribution is 5.90. The monoisotopic (exact) mass is 261 g/mol. The zero-order valence-corrected chi connectivity index (χ0v) is 11.6. The van der Waals surface area contributed by atoms with Gasteiger partial charge in [0.15, 0.2) is 0 Å². The van der Waals surface area contributed by atoms with Crippen molar-refractivity contribution in [3.8, 4) is 11.8 Å². The van der Waals surface area contributed by atoms with Crippen LogP contribution in [-0.2, 0) is 4.74 Å². The largest absolute Gasteiger partial charge is 0.492 e. The first-order valence-electron chi connectivity index (χ1n) is 6.42. The first-order valence-corrected chi connectivity index (χ1v) is 6.42. The first kappa shape index (κ1) is 15.0. The minimum absolute atomic E-state index is 0.313. The summed E-state index contributed by atoms with van der Waals surface area (Å²) in [5.74, 6) is 0.633. The third-order valence-corrected chi connectivity index (χ3v) is 2.56. The summed E-state index contributed by atoms with van der Waals surface area (Å²) in [4.78, 5) is 11.6. The molecule has 0 N–H and O–H groups in total. The van der Waals surface area contributed by atoms with E-state index >= 15 is 0 Å². The lowest BCUT2D eigenvalue weighted by Crippen LogP contribution is -2.06. The number of esters is 1. The SMILES string of the molecule is CCOC(=O)c1ccc(OCCC(C)C)c(C#N)c1. The fourth-order valence-corrected chi connectivity index (χ4v) is 1.49. The molecule has 0 saturated carbocycles. The zero-order chi connectivity index (χ0) is 14.3. The number of carbonyl (C=O) groups excluding carboxylic acids is 1. The summed E-state index contributed by atoms with van der Waals surface area (Å²) in [6.45, 7) is 6.84. The van der Waals surface area contributed by atoms with Gasteiger partial charge in [0.25, 0.3) is 0 Å². The number of ether oxygens (including phenoxy) is 2. The summed E-state index contributed by atoms with van der Waals surface area (Å²) in [7, 11) is 0. The molecule has 0 heterocycles. The molecule has 1 aromatic rings. The Morgan fingerprint density at radius 2 is 2.16 bits per heavy atom. The van der Waals surface area contributed by atoms with Gasteiger partial charge >= 0.3 is 5.97 Å². The van der Waals surface area contributed by atoms with Gasteiger partial charge in [0.2, 0.25) is 0 Å². The second-order valence-corrected chi connectivity index (χ2v) is 4.57. The molecule has 0 atom stereocenters. The van der Waals surface area contributed by atoms with E-state index in [9.17, 15) is 4.79 Å². The Morgan fingerprint density at radius 3 is 2.74 bits per heavy atom. The summed E-state index contributed by atoms with van der Waals surface area (Å²) in [6.07, 6.45) is 0.921. The molecule has 102 valence electrons. The van der Waals surface area contributed by atoms with E-state index in [0.717, 1.165) is 6.42 Å². The molecule has 1 aromatic carbocycles. The maximum absolute atomic E-state index is 11.6. The standard InChI is InChI=1S/C15H19NO3/c1-4-18-15(17)12-5-6-14(13(9-12)10-16)19-8-7-11(2)3/h5-6,9,11H,4,7-8H2,1-3H3. The van der Waals surface area contributed by atoms with Gasteiger partial charge in [-0.2, -0.15) is 5.26 Å². The lowest BCUT2D eigenvalue weighted by Gasteiger charge is -2.10. The van der Waals surface area contributed by atoms with Crippen molar-refractivity contribution in [3.05, 3.63) is 29.3 Å². The van der Waals surface area contributed by atoms with Gasteiger partial charge in [0, 0.05) is 0 Å². The quantitative estimate of drug-likeness (QED) is 0.738. The van der Waals surface area contributed by atoms with Crippen molar-refractivity contribution in [2.24, 2.45) is 5.92 Å². The molecule has 0 aliphatic carbocycles. The van der Waals surface area contributed by atoms with Crippen molar-refractivity contribution in [3.63, 3.8) is 0 Å². The lowest BCUT2D eigenvalue weighted by molar-refractivity contribution is 0.0526. The molecular formula is C15H19NO3. The molecule has 0 aliphatic heterocycles. The average Bonchev–Trinajstić information content (AvgIpc) is 2.38. The molecular weight excluding hydrogens is 242 g/mol. The zero-order valence-electron chi connectivity index (χ0n) is 11.6. The Kier molecular flexibility index (Phi) is 5.87. The highest BCUT2D eigenvalue weighted by Crippen LogP contribution is 2.20. The highest BCUT2D eigenvalue weighted by Gasteiger charge is 2.11.